The van der Waals surface area contributed by atoms with E-state index in [-0.39, 0.29) is 11.7 Å². The van der Waals surface area contributed by atoms with Crippen LogP contribution in [0.2, 0.25) is 20.1 Å². The Morgan fingerprint density at radius 3 is 2.00 bits per heavy atom. The van der Waals surface area contributed by atoms with Crippen LogP contribution in [0.25, 0.3) is 11.4 Å². The summed E-state index contributed by atoms with van der Waals surface area (Å²) >= 11 is 28.7. The van der Waals surface area contributed by atoms with E-state index in [1.807, 2.05) is 12.3 Å². The number of epoxide rings is 2. The van der Waals surface area contributed by atoms with Gasteiger partial charge in [-0.2, -0.15) is 0 Å². The summed E-state index contributed by atoms with van der Waals surface area (Å²) in [6, 6.07) is 13.7. The van der Waals surface area contributed by atoms with Crippen LogP contribution in [-0.2, 0) is 9.47 Å². The van der Waals surface area contributed by atoms with Crippen molar-refractivity contribution in [1.29, 1.82) is 0 Å². The predicted octanol–water partition coefficient (Wildman–Crippen LogP) is 6.05. The number of H-pyrrole nitrogens is 1. The SMILES string of the molecule is ClCC1CO1.Clc1ccc(-n2ccc(OCC3CO3)n2)cc1Cl.O=c1ccn(-c2ccc(Cl)c(Cl)c2)[nH]1. The van der Waals surface area contributed by atoms with Gasteiger partial charge in [0.05, 0.1) is 56.7 Å². The Kier molecular flexibility index (Phi) is 9.83. The van der Waals surface area contributed by atoms with Gasteiger partial charge in [-0.15, -0.1) is 16.7 Å². The van der Waals surface area contributed by atoms with Gasteiger partial charge in [0.25, 0.3) is 5.56 Å². The molecule has 1 N–H and O–H groups in total. The summed E-state index contributed by atoms with van der Waals surface area (Å²) in [5.74, 6) is 1.23. The quantitative estimate of drug-likeness (QED) is 0.213. The molecule has 0 saturated carbocycles. The van der Waals surface area contributed by atoms with Crippen molar-refractivity contribution in [2.75, 3.05) is 25.7 Å². The number of alkyl halides is 1. The molecule has 2 fully saturated rings. The Morgan fingerprint density at radius 1 is 0.865 bits per heavy atom. The maximum atomic E-state index is 10.9. The van der Waals surface area contributed by atoms with Crippen molar-refractivity contribution in [3.8, 4) is 17.3 Å². The van der Waals surface area contributed by atoms with Crippen LogP contribution in [0.15, 0.2) is 65.7 Å². The van der Waals surface area contributed by atoms with E-state index in [1.165, 1.54) is 6.07 Å². The van der Waals surface area contributed by atoms with Crippen LogP contribution < -0.4 is 10.3 Å². The van der Waals surface area contributed by atoms with E-state index in [9.17, 15) is 4.79 Å². The van der Waals surface area contributed by atoms with Gasteiger partial charge in [0.2, 0.25) is 5.88 Å². The highest BCUT2D eigenvalue weighted by Gasteiger charge is 2.23. The third kappa shape index (κ3) is 8.68. The molecule has 196 valence electrons. The first-order valence-corrected chi connectivity index (χ1v) is 13.0. The number of rotatable bonds is 6. The second-order valence-electron chi connectivity index (χ2n) is 7.83. The highest BCUT2D eigenvalue weighted by molar-refractivity contribution is 6.42. The number of nitrogens with zero attached hydrogens (tertiary/aromatic N) is 3. The lowest BCUT2D eigenvalue weighted by atomic mass is 10.3. The molecule has 2 aliphatic rings. The van der Waals surface area contributed by atoms with E-state index in [1.54, 1.807) is 52.0 Å². The van der Waals surface area contributed by atoms with Crippen molar-refractivity contribution in [2.24, 2.45) is 0 Å². The van der Waals surface area contributed by atoms with Gasteiger partial charge >= 0.3 is 0 Å². The Hall–Kier alpha value is -2.17. The van der Waals surface area contributed by atoms with E-state index in [0.29, 0.717) is 44.6 Å². The molecule has 4 heterocycles. The standard InChI is InChI=1S/C12H10Cl2N2O2.C9H6Cl2N2O.C3H5ClO/c13-10-2-1-8(5-11(10)14)16-4-3-12(15-16)18-7-9-6-17-9;10-7-2-1-6(5-8(7)11)13-4-3-9(14)12-13;4-1-3-2-5-3/h1-5,9H,6-7H2;1-5H,(H,12,14);3H,1-2H2. The van der Waals surface area contributed by atoms with Crippen LogP contribution in [0.5, 0.6) is 5.88 Å². The van der Waals surface area contributed by atoms with Crippen LogP contribution in [0, 0.1) is 0 Å². The van der Waals surface area contributed by atoms with Crippen molar-refractivity contribution in [3.63, 3.8) is 0 Å². The Balaban J connectivity index is 0.000000149. The monoisotopic (exact) mass is 604 g/mol. The van der Waals surface area contributed by atoms with Crippen LogP contribution in [0.1, 0.15) is 0 Å². The maximum Gasteiger partial charge on any atom is 0.264 e. The minimum absolute atomic E-state index is 0.156. The van der Waals surface area contributed by atoms with Gasteiger partial charge in [0, 0.05) is 24.5 Å². The Bertz CT molecular complexity index is 1380. The molecule has 2 unspecified atom stereocenters. The molecule has 8 nitrogen and oxygen atoms in total. The summed E-state index contributed by atoms with van der Waals surface area (Å²) in [5.41, 5.74) is 1.44. The van der Waals surface area contributed by atoms with Gasteiger partial charge in [-0.1, -0.05) is 46.4 Å². The number of nitrogens with one attached hydrogen (secondary N) is 1. The first kappa shape index (κ1) is 27.9. The van der Waals surface area contributed by atoms with Crippen LogP contribution in [0.4, 0.5) is 0 Å². The lowest BCUT2D eigenvalue weighted by Gasteiger charge is -2.03. The second-order valence-corrected chi connectivity index (χ2v) is 9.77. The van der Waals surface area contributed by atoms with Crippen molar-refractivity contribution >= 4 is 58.0 Å². The highest BCUT2D eigenvalue weighted by Crippen LogP contribution is 2.25. The zero-order valence-electron chi connectivity index (χ0n) is 19.1. The number of hydrogen-bond donors (Lipinski definition) is 1. The number of halogens is 5. The van der Waals surface area contributed by atoms with Gasteiger partial charge in [-0.3, -0.25) is 14.6 Å². The molecule has 2 aromatic carbocycles. The lowest BCUT2D eigenvalue weighted by molar-refractivity contribution is 0.254. The molecule has 2 aromatic heterocycles. The summed E-state index contributed by atoms with van der Waals surface area (Å²) in [6.07, 6.45) is 4.06. The molecular weight excluding hydrogens is 586 g/mol. The fourth-order valence-corrected chi connectivity index (χ4v) is 3.54. The molecule has 0 amide bonds. The van der Waals surface area contributed by atoms with Crippen LogP contribution >= 0.6 is 58.0 Å². The summed E-state index contributed by atoms with van der Waals surface area (Å²) in [4.78, 5) is 10.9. The number of aromatic amines is 1. The van der Waals surface area contributed by atoms with Gasteiger partial charge in [-0.05, 0) is 36.4 Å². The van der Waals surface area contributed by atoms with Gasteiger partial charge in [0.1, 0.15) is 12.7 Å². The number of ether oxygens (including phenoxy) is 3. The molecule has 0 spiro atoms. The minimum Gasteiger partial charge on any atom is -0.474 e. The van der Waals surface area contributed by atoms with Gasteiger partial charge < -0.3 is 14.2 Å². The molecular formula is C24H21Cl5N4O4. The zero-order valence-corrected chi connectivity index (χ0v) is 22.9. The fourth-order valence-electron chi connectivity index (χ4n) is 2.78. The highest BCUT2D eigenvalue weighted by atomic mass is 35.5. The van der Waals surface area contributed by atoms with Crippen molar-refractivity contribution in [1.82, 2.24) is 19.6 Å². The third-order valence-corrected chi connectivity index (χ3v) is 6.74. The van der Waals surface area contributed by atoms with E-state index >= 15 is 0 Å². The Morgan fingerprint density at radius 2 is 1.49 bits per heavy atom. The molecule has 37 heavy (non-hydrogen) atoms. The van der Waals surface area contributed by atoms with Crippen molar-refractivity contribution in [3.05, 3.63) is 91.4 Å². The van der Waals surface area contributed by atoms with Gasteiger partial charge in [-0.25, -0.2) is 4.68 Å². The molecule has 2 atom stereocenters. The molecule has 2 saturated heterocycles. The summed E-state index contributed by atoms with van der Waals surface area (Å²) in [7, 11) is 0. The van der Waals surface area contributed by atoms with E-state index in [0.717, 1.165) is 24.6 Å². The Labute approximate surface area is 237 Å². The van der Waals surface area contributed by atoms with E-state index < -0.39 is 0 Å². The van der Waals surface area contributed by atoms with Crippen LogP contribution in [0.3, 0.4) is 0 Å². The number of hydrogen-bond acceptors (Lipinski definition) is 5. The largest absolute Gasteiger partial charge is 0.474 e. The molecule has 6 rings (SSSR count). The number of benzene rings is 2. The minimum atomic E-state index is -0.156. The van der Waals surface area contributed by atoms with Crippen molar-refractivity contribution in [2.45, 2.75) is 12.2 Å². The zero-order chi connectivity index (χ0) is 26.4. The normalized spacial score (nSPS) is 17.2. The average molecular weight is 607 g/mol. The molecule has 0 aliphatic carbocycles. The topological polar surface area (TPSA) is 89.9 Å². The van der Waals surface area contributed by atoms with E-state index in [4.69, 9.17) is 72.2 Å². The lowest BCUT2D eigenvalue weighted by Crippen LogP contribution is -2.05. The smallest absolute Gasteiger partial charge is 0.264 e. The molecule has 4 aromatic rings. The van der Waals surface area contributed by atoms with Crippen LogP contribution in [-0.4, -0.2) is 57.5 Å². The maximum absolute atomic E-state index is 10.9. The van der Waals surface area contributed by atoms with E-state index in [2.05, 4.69) is 10.2 Å². The molecule has 0 bridgehead atoms. The summed E-state index contributed by atoms with van der Waals surface area (Å²) in [6.45, 7) is 2.19. The average Bonchev–Trinajstić information content (AvgIpc) is 3.82. The predicted molar refractivity (Wildman–Crippen MR) is 146 cm³/mol. The fraction of sp³-hybridized carbons (Fsp3) is 0.250. The summed E-state index contributed by atoms with van der Waals surface area (Å²) < 4.78 is 18.5. The first-order chi connectivity index (χ1) is 17.8. The summed E-state index contributed by atoms with van der Waals surface area (Å²) in [5, 5.41) is 8.86. The van der Waals surface area contributed by atoms with Crippen molar-refractivity contribution < 1.29 is 14.2 Å². The molecule has 13 heteroatoms. The van der Waals surface area contributed by atoms with Gasteiger partial charge in [0.15, 0.2) is 0 Å². The molecule has 2 aliphatic heterocycles. The second kappa shape index (κ2) is 13.1. The first-order valence-electron chi connectivity index (χ1n) is 11.0. The third-order valence-electron chi connectivity index (χ3n) is 4.91. The number of aromatic nitrogens is 4. The molecule has 0 radical (unpaired) electrons.